The van der Waals surface area contributed by atoms with Crippen molar-refractivity contribution in [3.8, 4) is 0 Å². The van der Waals surface area contributed by atoms with Gasteiger partial charge < -0.3 is 5.11 Å². The summed E-state index contributed by atoms with van der Waals surface area (Å²) in [5.41, 5.74) is 0.208. The standard InChI is InChI=1S/C7H4ClO2.C2H4O2.Hg/c8-6-4-2-1-3-5(6)7(9)10;1-2(3)4;/h1-3H,(H,9,10);1H3,(H,3,4);. The van der Waals surface area contributed by atoms with Crippen LogP contribution in [0, 0.1) is 0 Å². The van der Waals surface area contributed by atoms with Crippen molar-refractivity contribution < 1.29 is 45.9 Å². The molecule has 0 aliphatic rings. The molecule has 1 aromatic carbocycles. The fourth-order valence-electron chi connectivity index (χ4n) is 0.745. The van der Waals surface area contributed by atoms with Crippen LogP contribution < -0.4 is 3.07 Å². The third kappa shape index (κ3) is 5.74. The number of aromatic carboxylic acids is 1. The van der Waals surface area contributed by atoms with E-state index in [0.29, 0.717) is 31.1 Å². The number of carbonyl (C=O) groups is 2. The fraction of sp³-hybridized carbons (Fsp3) is 0.111. The number of halogens is 1. The summed E-state index contributed by atoms with van der Waals surface area (Å²) < 4.78 is 0.978. The maximum absolute atomic E-state index is 10.5. The first-order valence-corrected chi connectivity index (χ1v) is 7.02. The number of hydrogen-bond acceptors (Lipinski definition) is 2. The van der Waals surface area contributed by atoms with Crippen LogP contribution in [-0.2, 0) is 30.9 Å². The fourth-order valence-corrected chi connectivity index (χ4v) is 2.22. The van der Waals surface area contributed by atoms with E-state index in [9.17, 15) is 4.79 Å². The Bertz CT molecular complexity index is 374. The van der Waals surface area contributed by atoms with Gasteiger partial charge in [0.05, 0.1) is 0 Å². The second-order valence-electron chi connectivity index (χ2n) is 2.60. The van der Waals surface area contributed by atoms with Crippen molar-refractivity contribution in [3.63, 3.8) is 0 Å². The Labute approximate surface area is 108 Å². The van der Waals surface area contributed by atoms with Crippen molar-refractivity contribution in [1.29, 1.82) is 0 Å². The number of rotatable bonds is 1. The average Bonchev–Trinajstić information content (AvgIpc) is 2.08. The average molecular weight is 416 g/mol. The summed E-state index contributed by atoms with van der Waals surface area (Å²) in [5, 5.41) is 16.4. The summed E-state index contributed by atoms with van der Waals surface area (Å²) in [5.74, 6) is -1.79. The molecule has 1 rings (SSSR count). The van der Waals surface area contributed by atoms with Gasteiger partial charge in [-0.05, 0) is 0 Å². The Hall–Kier alpha value is -0.615. The van der Waals surface area contributed by atoms with Crippen LogP contribution in [-0.4, -0.2) is 22.2 Å². The van der Waals surface area contributed by atoms with Crippen LogP contribution in [0.2, 0.25) is 5.02 Å². The Morgan fingerprint density at radius 3 is 2.13 bits per heavy atom. The molecular formula is C9H8ClHgO4. The van der Waals surface area contributed by atoms with Crippen LogP contribution in [0.15, 0.2) is 18.2 Å². The minimum absolute atomic E-state index is 0.208. The molecule has 4 nitrogen and oxygen atoms in total. The SMILES string of the molecule is CC(=O)O.O=C(O)c1ccc[c]([Hg])c1Cl. The van der Waals surface area contributed by atoms with Gasteiger partial charge in [0.25, 0.3) is 5.97 Å². The quantitative estimate of drug-likeness (QED) is 0.678. The second-order valence-corrected chi connectivity index (χ2v) is 5.94. The first-order chi connectivity index (χ1) is 6.86. The van der Waals surface area contributed by atoms with Crippen molar-refractivity contribution in [2.45, 2.75) is 6.92 Å². The van der Waals surface area contributed by atoms with Crippen molar-refractivity contribution >= 4 is 26.6 Å². The molecule has 0 amide bonds. The molecule has 0 atom stereocenters. The van der Waals surface area contributed by atoms with E-state index in [1.165, 1.54) is 6.07 Å². The molecule has 0 aromatic heterocycles. The number of hydrogen-bond donors (Lipinski definition) is 2. The van der Waals surface area contributed by atoms with Crippen LogP contribution in [0.5, 0.6) is 0 Å². The molecule has 77 valence electrons. The van der Waals surface area contributed by atoms with E-state index in [0.717, 1.165) is 10.00 Å². The van der Waals surface area contributed by atoms with Crippen molar-refractivity contribution in [1.82, 2.24) is 0 Å². The zero-order valence-electron chi connectivity index (χ0n) is 8.03. The Morgan fingerprint density at radius 1 is 1.33 bits per heavy atom. The molecule has 1 aromatic rings. The van der Waals surface area contributed by atoms with E-state index in [4.69, 9.17) is 26.6 Å². The molecule has 0 saturated heterocycles. The van der Waals surface area contributed by atoms with E-state index in [-0.39, 0.29) is 5.56 Å². The van der Waals surface area contributed by atoms with Crippen LogP contribution in [0.4, 0.5) is 0 Å². The molecule has 0 heterocycles. The van der Waals surface area contributed by atoms with Gasteiger partial charge in [-0.3, -0.25) is 4.79 Å². The molecule has 0 radical (unpaired) electrons. The van der Waals surface area contributed by atoms with Gasteiger partial charge in [-0.25, -0.2) is 0 Å². The normalized spacial score (nSPS) is 8.80. The molecule has 15 heavy (non-hydrogen) atoms. The third-order valence-electron chi connectivity index (χ3n) is 1.31. The van der Waals surface area contributed by atoms with Gasteiger partial charge in [-0.15, -0.1) is 0 Å². The van der Waals surface area contributed by atoms with Gasteiger partial charge in [-0.1, -0.05) is 0 Å². The summed E-state index contributed by atoms with van der Waals surface area (Å²) in [6.07, 6.45) is 0. The second kappa shape index (κ2) is 6.79. The minimum atomic E-state index is -0.956. The Kier molecular flexibility index (Phi) is 6.51. The number of benzene rings is 1. The molecular weight excluding hydrogens is 408 g/mol. The van der Waals surface area contributed by atoms with E-state index in [1.807, 2.05) is 6.07 Å². The number of carboxylic acids is 2. The van der Waals surface area contributed by atoms with Gasteiger partial charge in [0.2, 0.25) is 0 Å². The van der Waals surface area contributed by atoms with Gasteiger partial charge in [0.15, 0.2) is 0 Å². The van der Waals surface area contributed by atoms with Crippen LogP contribution in [0.25, 0.3) is 0 Å². The van der Waals surface area contributed by atoms with E-state index >= 15 is 0 Å². The molecule has 0 aliphatic heterocycles. The first kappa shape index (κ1) is 14.4. The molecule has 0 aliphatic carbocycles. The van der Waals surface area contributed by atoms with Crippen LogP contribution in [0.3, 0.4) is 0 Å². The summed E-state index contributed by atoms with van der Waals surface area (Å²) in [7, 11) is 0. The summed E-state index contributed by atoms with van der Waals surface area (Å²) in [4.78, 5) is 19.5. The third-order valence-corrected chi connectivity index (χ3v) is 4.92. The van der Waals surface area contributed by atoms with Gasteiger partial charge in [0, 0.05) is 6.92 Å². The molecule has 0 fully saturated rings. The van der Waals surface area contributed by atoms with Crippen molar-refractivity contribution in [3.05, 3.63) is 28.8 Å². The maximum atomic E-state index is 10.5. The van der Waals surface area contributed by atoms with E-state index < -0.39 is 11.9 Å². The molecule has 0 unspecified atom stereocenters. The van der Waals surface area contributed by atoms with E-state index in [2.05, 4.69) is 0 Å². The number of aliphatic carboxylic acids is 1. The molecule has 0 spiro atoms. The van der Waals surface area contributed by atoms with Crippen molar-refractivity contribution in [2.75, 3.05) is 0 Å². The monoisotopic (exact) mass is 417 g/mol. The van der Waals surface area contributed by atoms with Gasteiger partial charge >= 0.3 is 85.5 Å². The predicted molar refractivity (Wildman–Crippen MR) is 51.4 cm³/mol. The summed E-state index contributed by atoms with van der Waals surface area (Å²) in [6, 6.07) is 5.09. The molecule has 0 saturated carbocycles. The predicted octanol–water partition coefficient (Wildman–Crippen LogP) is 1.30. The Morgan fingerprint density at radius 2 is 1.80 bits per heavy atom. The molecule has 6 heteroatoms. The summed E-state index contributed by atoms with van der Waals surface area (Å²) >= 11 is 6.13. The molecule has 0 bridgehead atoms. The Balaban J connectivity index is 0.000000423. The van der Waals surface area contributed by atoms with Crippen LogP contribution >= 0.6 is 11.6 Å². The summed E-state index contributed by atoms with van der Waals surface area (Å²) in [6.45, 7) is 1.08. The van der Waals surface area contributed by atoms with Crippen LogP contribution in [0.1, 0.15) is 17.3 Å². The molecule has 2 N–H and O–H groups in total. The van der Waals surface area contributed by atoms with E-state index in [1.54, 1.807) is 6.07 Å². The zero-order chi connectivity index (χ0) is 12.0. The topological polar surface area (TPSA) is 74.6 Å². The number of carboxylic acid groups (broad SMARTS) is 2. The van der Waals surface area contributed by atoms with Crippen molar-refractivity contribution in [2.24, 2.45) is 0 Å². The van der Waals surface area contributed by atoms with Gasteiger partial charge in [0.1, 0.15) is 0 Å². The zero-order valence-corrected chi connectivity index (χ0v) is 14.3. The first-order valence-electron chi connectivity index (χ1n) is 3.89. The van der Waals surface area contributed by atoms with Gasteiger partial charge in [-0.2, -0.15) is 0 Å².